The van der Waals surface area contributed by atoms with E-state index in [1.165, 1.54) is 12.0 Å². The molecular weight excluding hydrogens is 226 g/mol. The minimum absolute atomic E-state index is 0.554. The Bertz CT molecular complexity index is 635. The van der Waals surface area contributed by atoms with Crippen LogP contribution in [0.3, 0.4) is 0 Å². The topological polar surface area (TPSA) is 80.5 Å². The molecule has 0 aliphatic heterocycles. The number of aryl methyl sites for hydroxylation is 2. The highest BCUT2D eigenvalue weighted by molar-refractivity contribution is 5.48. The van der Waals surface area contributed by atoms with Crippen molar-refractivity contribution in [3.05, 3.63) is 35.3 Å². The van der Waals surface area contributed by atoms with Crippen LogP contribution in [0.2, 0.25) is 0 Å². The monoisotopic (exact) mass is 239 g/mol. The first-order valence-corrected chi connectivity index (χ1v) is 6.01. The second kappa shape index (κ2) is 4.15. The van der Waals surface area contributed by atoms with Crippen molar-refractivity contribution in [1.29, 1.82) is 5.26 Å². The zero-order chi connectivity index (χ0) is 12.5. The normalized spacial score (nSPS) is 13.9. The van der Waals surface area contributed by atoms with Crippen LogP contribution in [0.5, 0.6) is 0 Å². The minimum atomic E-state index is 0.554. The first-order chi connectivity index (χ1) is 8.78. The lowest BCUT2D eigenvalue weighted by Gasteiger charge is -2.16. The van der Waals surface area contributed by atoms with E-state index in [-0.39, 0.29) is 0 Å². The van der Waals surface area contributed by atoms with Crippen molar-refractivity contribution < 1.29 is 0 Å². The maximum absolute atomic E-state index is 9.23. The Labute approximate surface area is 105 Å². The van der Waals surface area contributed by atoms with Gasteiger partial charge in [0.1, 0.15) is 6.07 Å². The molecule has 2 aromatic heterocycles. The van der Waals surface area contributed by atoms with Crippen molar-refractivity contribution in [2.45, 2.75) is 25.7 Å². The number of nitrogens with zero attached hydrogens (tertiary/aromatic N) is 4. The minimum Gasteiger partial charge on any atom is -0.396 e. The Morgan fingerprint density at radius 1 is 1.33 bits per heavy atom. The fourth-order valence-electron chi connectivity index (χ4n) is 2.33. The predicted octanol–water partition coefficient (Wildman–Crippen LogP) is 1.60. The highest BCUT2D eigenvalue weighted by Crippen LogP contribution is 2.23. The van der Waals surface area contributed by atoms with Crippen molar-refractivity contribution in [2.24, 2.45) is 0 Å². The van der Waals surface area contributed by atoms with E-state index in [2.05, 4.69) is 16.2 Å². The summed E-state index contributed by atoms with van der Waals surface area (Å²) in [5.41, 5.74) is 9.06. The van der Waals surface area contributed by atoms with Crippen LogP contribution >= 0.6 is 0 Å². The van der Waals surface area contributed by atoms with Gasteiger partial charge in [-0.3, -0.25) is 0 Å². The summed E-state index contributed by atoms with van der Waals surface area (Å²) in [5, 5.41) is 13.3. The molecule has 0 unspecified atom stereocenters. The predicted molar refractivity (Wildman–Crippen MR) is 67.1 cm³/mol. The maximum atomic E-state index is 9.23. The molecule has 0 spiro atoms. The Hall–Kier alpha value is -2.35. The number of nitrogens with two attached hydrogens (primary N) is 1. The van der Waals surface area contributed by atoms with Gasteiger partial charge in [0.05, 0.1) is 23.6 Å². The summed E-state index contributed by atoms with van der Waals surface area (Å²) in [7, 11) is 0. The van der Waals surface area contributed by atoms with Crippen molar-refractivity contribution >= 4 is 5.69 Å². The zero-order valence-electron chi connectivity index (χ0n) is 9.93. The molecule has 5 nitrogen and oxygen atoms in total. The summed E-state index contributed by atoms with van der Waals surface area (Å²) >= 11 is 0. The van der Waals surface area contributed by atoms with Crippen molar-refractivity contribution in [2.75, 3.05) is 5.73 Å². The summed E-state index contributed by atoms with van der Waals surface area (Å²) < 4.78 is 1.57. The Balaban J connectivity index is 2.16. The van der Waals surface area contributed by atoms with Crippen LogP contribution < -0.4 is 5.73 Å². The summed E-state index contributed by atoms with van der Waals surface area (Å²) in [5.74, 6) is 0.579. The van der Waals surface area contributed by atoms with Gasteiger partial charge in [-0.1, -0.05) is 0 Å². The van der Waals surface area contributed by atoms with Crippen LogP contribution in [-0.4, -0.2) is 14.8 Å². The average Bonchev–Trinajstić information content (AvgIpc) is 2.83. The van der Waals surface area contributed by atoms with Gasteiger partial charge in [0.25, 0.3) is 0 Å². The zero-order valence-corrected chi connectivity index (χ0v) is 9.93. The number of fused-ring (bicyclic) bond motifs is 1. The molecule has 2 aromatic rings. The second-order valence-corrected chi connectivity index (χ2v) is 4.50. The lowest BCUT2D eigenvalue weighted by atomic mass is 9.95. The van der Waals surface area contributed by atoms with E-state index in [1.807, 2.05) is 6.07 Å². The van der Waals surface area contributed by atoms with E-state index >= 15 is 0 Å². The van der Waals surface area contributed by atoms with Gasteiger partial charge in [-0.2, -0.15) is 10.4 Å². The lowest BCUT2D eigenvalue weighted by Crippen LogP contribution is -2.11. The summed E-state index contributed by atoms with van der Waals surface area (Å²) in [4.78, 5) is 4.59. The number of hydrogen-bond acceptors (Lipinski definition) is 4. The van der Waals surface area contributed by atoms with Gasteiger partial charge in [0.15, 0.2) is 5.82 Å². The van der Waals surface area contributed by atoms with Crippen molar-refractivity contribution in [3.8, 4) is 11.9 Å². The molecule has 1 aliphatic rings. The van der Waals surface area contributed by atoms with Crippen LogP contribution in [0.15, 0.2) is 18.5 Å². The third-order valence-electron chi connectivity index (χ3n) is 3.22. The Morgan fingerprint density at radius 2 is 2.17 bits per heavy atom. The van der Waals surface area contributed by atoms with Gasteiger partial charge >= 0.3 is 0 Å². The van der Waals surface area contributed by atoms with Crippen LogP contribution in [0, 0.1) is 11.3 Å². The summed E-state index contributed by atoms with van der Waals surface area (Å²) in [6, 6.07) is 4.13. The number of nitrogen functional groups attached to an aromatic ring is 1. The molecule has 2 heterocycles. The molecule has 0 fully saturated rings. The fourth-order valence-corrected chi connectivity index (χ4v) is 2.33. The average molecular weight is 239 g/mol. The first-order valence-electron chi connectivity index (χ1n) is 6.01. The third kappa shape index (κ3) is 1.72. The standard InChI is InChI=1S/C13H13N5/c14-6-10-5-9-3-1-2-4-12(9)17-13(10)18-8-11(15)7-16-18/h5,7-8H,1-4,15H2. The van der Waals surface area contributed by atoms with Crippen LogP contribution in [0.4, 0.5) is 5.69 Å². The van der Waals surface area contributed by atoms with Crippen LogP contribution in [0.1, 0.15) is 29.7 Å². The van der Waals surface area contributed by atoms with Crippen molar-refractivity contribution in [1.82, 2.24) is 14.8 Å². The highest BCUT2D eigenvalue weighted by Gasteiger charge is 2.16. The van der Waals surface area contributed by atoms with Gasteiger partial charge < -0.3 is 5.73 Å². The number of anilines is 1. The molecule has 2 N–H and O–H groups in total. The van der Waals surface area contributed by atoms with Gasteiger partial charge in [-0.15, -0.1) is 0 Å². The Morgan fingerprint density at radius 3 is 2.89 bits per heavy atom. The van der Waals surface area contributed by atoms with Crippen LogP contribution in [-0.2, 0) is 12.8 Å². The molecule has 90 valence electrons. The lowest BCUT2D eigenvalue weighted by molar-refractivity contribution is 0.661. The largest absolute Gasteiger partial charge is 0.396 e. The number of nitriles is 1. The number of rotatable bonds is 1. The Kier molecular flexibility index (Phi) is 2.49. The third-order valence-corrected chi connectivity index (χ3v) is 3.22. The molecule has 5 heteroatoms. The summed E-state index contributed by atoms with van der Waals surface area (Å²) in [6.45, 7) is 0. The molecule has 1 aliphatic carbocycles. The fraction of sp³-hybridized carbons (Fsp3) is 0.308. The molecule has 0 amide bonds. The van der Waals surface area contributed by atoms with E-state index < -0.39 is 0 Å². The number of hydrogen-bond donors (Lipinski definition) is 1. The number of aromatic nitrogens is 3. The summed E-state index contributed by atoms with van der Waals surface area (Å²) in [6.07, 6.45) is 7.56. The van der Waals surface area contributed by atoms with Crippen LogP contribution in [0.25, 0.3) is 5.82 Å². The van der Waals surface area contributed by atoms with Gasteiger partial charge in [0.2, 0.25) is 0 Å². The molecule has 0 saturated heterocycles. The molecule has 0 atom stereocenters. The van der Waals surface area contributed by atoms with E-state index in [1.54, 1.807) is 17.1 Å². The molecule has 0 bridgehead atoms. The molecule has 0 radical (unpaired) electrons. The maximum Gasteiger partial charge on any atom is 0.171 e. The first kappa shape index (κ1) is 10.8. The van der Waals surface area contributed by atoms with E-state index in [0.29, 0.717) is 17.1 Å². The molecule has 3 rings (SSSR count). The van der Waals surface area contributed by atoms with E-state index in [4.69, 9.17) is 5.73 Å². The SMILES string of the molecule is N#Cc1cc2c(nc1-n1cc(N)cn1)CCCC2. The van der Waals surface area contributed by atoms with E-state index in [9.17, 15) is 5.26 Å². The van der Waals surface area contributed by atoms with Gasteiger partial charge in [-0.05, 0) is 37.3 Å². The highest BCUT2D eigenvalue weighted by atomic mass is 15.3. The molecule has 18 heavy (non-hydrogen) atoms. The van der Waals surface area contributed by atoms with Crippen molar-refractivity contribution in [3.63, 3.8) is 0 Å². The smallest absolute Gasteiger partial charge is 0.171 e. The molecule has 0 aromatic carbocycles. The van der Waals surface area contributed by atoms with Gasteiger partial charge in [-0.25, -0.2) is 9.67 Å². The van der Waals surface area contributed by atoms with E-state index in [0.717, 1.165) is 25.0 Å². The second-order valence-electron chi connectivity index (χ2n) is 4.50. The molecule has 0 saturated carbocycles. The number of pyridine rings is 1. The molecular formula is C13H13N5. The quantitative estimate of drug-likeness (QED) is 0.819. The van der Waals surface area contributed by atoms with Gasteiger partial charge in [0, 0.05) is 5.69 Å².